The minimum atomic E-state index is -3.64. The summed E-state index contributed by atoms with van der Waals surface area (Å²) < 4.78 is 26.4. The van der Waals surface area contributed by atoms with Gasteiger partial charge in [0, 0.05) is 13.1 Å². The summed E-state index contributed by atoms with van der Waals surface area (Å²) in [6, 6.07) is 2.84. The lowest BCUT2D eigenvalue weighted by atomic mass is 10.1. The normalized spacial score (nSPS) is 17.3. The van der Waals surface area contributed by atoms with E-state index < -0.39 is 10.0 Å². The summed E-state index contributed by atoms with van der Waals surface area (Å²) in [6.07, 6.45) is 2.62. The van der Waals surface area contributed by atoms with E-state index in [1.807, 2.05) is 13.0 Å². The molecule has 0 saturated heterocycles. The fourth-order valence-electron chi connectivity index (χ4n) is 1.86. The molecule has 0 amide bonds. The van der Waals surface area contributed by atoms with Crippen molar-refractivity contribution in [1.82, 2.24) is 4.31 Å². The monoisotopic (exact) mass is 320 g/mol. The molecule has 1 aliphatic heterocycles. The molecule has 1 aromatic rings. The van der Waals surface area contributed by atoms with Crippen LogP contribution in [0.1, 0.15) is 13.3 Å². The Morgan fingerprint density at radius 3 is 2.58 bits per heavy atom. The van der Waals surface area contributed by atoms with Crippen molar-refractivity contribution in [2.45, 2.75) is 18.2 Å². The second-order valence-corrected chi connectivity index (χ2v) is 7.13. The number of nitrogens with two attached hydrogens (primary N) is 1. The van der Waals surface area contributed by atoms with Crippen molar-refractivity contribution in [3.63, 3.8) is 0 Å². The maximum atomic E-state index is 12.5. The van der Waals surface area contributed by atoms with Crippen LogP contribution in [0.4, 0.5) is 5.69 Å². The van der Waals surface area contributed by atoms with Crippen LogP contribution in [0.25, 0.3) is 0 Å². The van der Waals surface area contributed by atoms with E-state index in [0.717, 1.165) is 6.42 Å². The molecule has 1 aliphatic rings. The van der Waals surface area contributed by atoms with Gasteiger partial charge in [0.1, 0.15) is 4.90 Å². The smallest absolute Gasteiger partial charge is 0.244 e. The quantitative estimate of drug-likeness (QED) is 0.673. The van der Waals surface area contributed by atoms with Gasteiger partial charge in [-0.15, -0.1) is 0 Å². The second-order valence-electron chi connectivity index (χ2n) is 4.44. The maximum absolute atomic E-state index is 12.5. The minimum absolute atomic E-state index is 0.00372. The Morgan fingerprint density at radius 1 is 1.32 bits per heavy atom. The average molecular weight is 321 g/mol. The lowest BCUT2D eigenvalue weighted by molar-refractivity contribution is 0.431. The Bertz CT molecular complexity index is 641. The number of halogens is 2. The molecule has 7 heteroatoms. The molecule has 1 aromatic carbocycles. The Balaban J connectivity index is 2.44. The second kappa shape index (κ2) is 5.32. The Morgan fingerprint density at radius 2 is 2.00 bits per heavy atom. The van der Waals surface area contributed by atoms with Crippen LogP contribution in [-0.4, -0.2) is 25.8 Å². The van der Waals surface area contributed by atoms with Crippen LogP contribution < -0.4 is 5.73 Å². The van der Waals surface area contributed by atoms with Crippen molar-refractivity contribution in [3.05, 3.63) is 33.8 Å². The molecule has 0 fully saturated rings. The third-order valence-electron chi connectivity index (χ3n) is 3.11. The summed E-state index contributed by atoms with van der Waals surface area (Å²) in [4.78, 5) is 0.00372. The maximum Gasteiger partial charge on any atom is 0.244 e. The molecule has 0 spiro atoms. The van der Waals surface area contributed by atoms with Crippen molar-refractivity contribution >= 4 is 38.9 Å². The number of anilines is 1. The molecule has 0 unspecified atom stereocenters. The van der Waals surface area contributed by atoms with Gasteiger partial charge in [-0.1, -0.05) is 34.9 Å². The molecule has 0 aliphatic carbocycles. The molecule has 0 atom stereocenters. The highest BCUT2D eigenvalue weighted by molar-refractivity contribution is 7.89. The SMILES string of the molecule is CC1=CCN(S(=O)(=O)c2ccc(Cl)c(N)c2Cl)CC1. The van der Waals surface area contributed by atoms with Gasteiger partial charge in [-0.3, -0.25) is 0 Å². The van der Waals surface area contributed by atoms with E-state index in [2.05, 4.69) is 0 Å². The van der Waals surface area contributed by atoms with Crippen LogP contribution in [0.15, 0.2) is 28.7 Å². The van der Waals surface area contributed by atoms with Crippen molar-refractivity contribution in [1.29, 1.82) is 0 Å². The van der Waals surface area contributed by atoms with Gasteiger partial charge in [-0.25, -0.2) is 8.42 Å². The van der Waals surface area contributed by atoms with Crippen molar-refractivity contribution in [3.8, 4) is 0 Å². The molecule has 0 aromatic heterocycles. The molecule has 0 saturated carbocycles. The number of nitrogen functional groups attached to an aromatic ring is 1. The first kappa shape index (κ1) is 14.7. The van der Waals surface area contributed by atoms with Gasteiger partial charge in [0.05, 0.1) is 15.7 Å². The standard InChI is InChI=1S/C12H14Cl2N2O2S/c1-8-4-6-16(7-5-8)19(17,18)10-3-2-9(13)12(15)11(10)14/h2-4H,5-7,15H2,1H3. The summed E-state index contributed by atoms with van der Waals surface area (Å²) in [5.74, 6) is 0. The van der Waals surface area contributed by atoms with E-state index in [4.69, 9.17) is 28.9 Å². The predicted molar refractivity (Wildman–Crippen MR) is 78.0 cm³/mol. The molecule has 0 radical (unpaired) electrons. The van der Waals surface area contributed by atoms with Crippen LogP contribution in [0.3, 0.4) is 0 Å². The summed E-state index contributed by atoms with van der Waals surface area (Å²) in [6.45, 7) is 2.79. The van der Waals surface area contributed by atoms with Crippen molar-refractivity contribution in [2.24, 2.45) is 0 Å². The zero-order valence-electron chi connectivity index (χ0n) is 10.4. The molecular formula is C12H14Cl2N2O2S. The van der Waals surface area contributed by atoms with E-state index in [0.29, 0.717) is 13.1 Å². The van der Waals surface area contributed by atoms with Gasteiger partial charge in [0.25, 0.3) is 0 Å². The number of hydrogen-bond donors (Lipinski definition) is 1. The molecule has 4 nitrogen and oxygen atoms in total. The summed E-state index contributed by atoms with van der Waals surface area (Å²) in [5, 5.41) is 0.233. The van der Waals surface area contributed by atoms with E-state index in [1.165, 1.54) is 22.0 Å². The van der Waals surface area contributed by atoms with E-state index >= 15 is 0 Å². The lowest BCUT2D eigenvalue weighted by Gasteiger charge is -2.25. The largest absolute Gasteiger partial charge is 0.396 e. The van der Waals surface area contributed by atoms with E-state index in [9.17, 15) is 8.42 Å². The first-order valence-corrected chi connectivity index (χ1v) is 7.93. The number of hydrogen-bond acceptors (Lipinski definition) is 3. The third-order valence-corrected chi connectivity index (χ3v) is 5.86. The number of rotatable bonds is 2. The third kappa shape index (κ3) is 2.74. The number of sulfonamides is 1. The van der Waals surface area contributed by atoms with Gasteiger partial charge < -0.3 is 5.73 Å². The van der Waals surface area contributed by atoms with Crippen molar-refractivity contribution in [2.75, 3.05) is 18.8 Å². The summed E-state index contributed by atoms with van der Waals surface area (Å²) >= 11 is 11.8. The zero-order chi connectivity index (χ0) is 14.2. The van der Waals surface area contributed by atoms with Crippen LogP contribution in [-0.2, 0) is 10.0 Å². The zero-order valence-corrected chi connectivity index (χ0v) is 12.7. The van der Waals surface area contributed by atoms with E-state index in [1.54, 1.807) is 0 Å². The molecule has 0 bridgehead atoms. The Kier molecular flexibility index (Phi) is 4.11. The van der Waals surface area contributed by atoms with Gasteiger partial charge in [0.15, 0.2) is 0 Å². The Hall–Kier alpha value is -0.750. The molecular weight excluding hydrogens is 307 g/mol. The van der Waals surface area contributed by atoms with Gasteiger partial charge in [0.2, 0.25) is 10.0 Å². The fraction of sp³-hybridized carbons (Fsp3) is 0.333. The predicted octanol–water partition coefficient (Wildman–Crippen LogP) is 2.92. The highest BCUT2D eigenvalue weighted by Crippen LogP contribution is 2.35. The van der Waals surface area contributed by atoms with Crippen LogP contribution in [0.2, 0.25) is 10.0 Å². The topological polar surface area (TPSA) is 63.4 Å². The van der Waals surface area contributed by atoms with Crippen LogP contribution >= 0.6 is 23.2 Å². The minimum Gasteiger partial charge on any atom is -0.396 e. The number of nitrogens with zero attached hydrogens (tertiary/aromatic N) is 1. The lowest BCUT2D eigenvalue weighted by Crippen LogP contribution is -2.34. The van der Waals surface area contributed by atoms with Gasteiger partial charge >= 0.3 is 0 Å². The summed E-state index contributed by atoms with van der Waals surface area (Å²) in [5.41, 5.74) is 6.95. The van der Waals surface area contributed by atoms with E-state index in [-0.39, 0.29) is 20.6 Å². The summed E-state index contributed by atoms with van der Waals surface area (Å²) in [7, 11) is -3.64. The van der Waals surface area contributed by atoms with Crippen LogP contribution in [0.5, 0.6) is 0 Å². The molecule has 19 heavy (non-hydrogen) atoms. The average Bonchev–Trinajstić information content (AvgIpc) is 2.36. The first-order chi connectivity index (χ1) is 8.84. The van der Waals surface area contributed by atoms with Gasteiger partial charge in [-0.2, -0.15) is 4.31 Å². The molecule has 2 rings (SSSR count). The highest BCUT2D eigenvalue weighted by Gasteiger charge is 2.28. The van der Waals surface area contributed by atoms with Crippen LogP contribution in [0, 0.1) is 0 Å². The fourth-order valence-corrected chi connectivity index (χ4v) is 3.98. The van der Waals surface area contributed by atoms with Crippen molar-refractivity contribution < 1.29 is 8.42 Å². The Labute approximate surface area is 122 Å². The first-order valence-electron chi connectivity index (χ1n) is 5.73. The van der Waals surface area contributed by atoms with Gasteiger partial charge in [-0.05, 0) is 25.5 Å². The molecule has 2 N–H and O–H groups in total. The molecule has 1 heterocycles. The highest BCUT2D eigenvalue weighted by atomic mass is 35.5. The number of benzene rings is 1. The molecule has 104 valence electrons.